The average Bonchev–Trinajstić information content (AvgIpc) is 2.87. The molecule has 1 heterocycles. The summed E-state index contributed by atoms with van der Waals surface area (Å²) in [5.74, 6) is 0.180. The number of fused-ring (bicyclic) bond motifs is 1. The Morgan fingerprint density at radius 1 is 1.00 bits per heavy atom. The summed E-state index contributed by atoms with van der Waals surface area (Å²) in [6, 6.07) is 12.6. The molecule has 0 radical (unpaired) electrons. The molecule has 0 spiro atoms. The fraction of sp³-hybridized carbons (Fsp3) is 0.250. The Morgan fingerprint density at radius 3 is 2.27 bits per heavy atom. The Balaban J connectivity index is 1.46. The number of rotatable bonds is 6. The molecular formula is C20H20N2O3S. The van der Waals surface area contributed by atoms with Crippen molar-refractivity contribution in [3.05, 3.63) is 64.7 Å². The van der Waals surface area contributed by atoms with Gasteiger partial charge in [0.1, 0.15) is 0 Å². The lowest BCUT2D eigenvalue weighted by Crippen LogP contribution is -2.32. The van der Waals surface area contributed by atoms with Crippen LogP contribution in [-0.4, -0.2) is 40.7 Å². The van der Waals surface area contributed by atoms with Gasteiger partial charge in [-0.25, -0.2) is 0 Å². The minimum atomic E-state index is -0.259. The molecule has 0 bridgehead atoms. The average molecular weight is 368 g/mol. The zero-order valence-corrected chi connectivity index (χ0v) is 15.6. The van der Waals surface area contributed by atoms with E-state index in [4.69, 9.17) is 0 Å². The number of thioether (sulfide) groups is 1. The molecule has 1 aliphatic rings. The van der Waals surface area contributed by atoms with Gasteiger partial charge in [-0.3, -0.25) is 19.3 Å². The highest BCUT2D eigenvalue weighted by molar-refractivity contribution is 7.99. The Labute approximate surface area is 156 Å². The smallest absolute Gasteiger partial charge is 0.261 e. The number of nitrogens with one attached hydrogen (secondary N) is 1. The topological polar surface area (TPSA) is 66.5 Å². The summed E-state index contributed by atoms with van der Waals surface area (Å²) < 4.78 is 0. The van der Waals surface area contributed by atoms with Crippen LogP contribution in [0, 0.1) is 13.8 Å². The number of benzene rings is 2. The predicted octanol–water partition coefficient (Wildman–Crippen LogP) is 3.27. The zero-order chi connectivity index (χ0) is 18.7. The largest absolute Gasteiger partial charge is 0.325 e. The molecule has 2 aromatic rings. The van der Waals surface area contributed by atoms with Crippen LogP contribution in [0.3, 0.4) is 0 Å². The van der Waals surface area contributed by atoms with Crippen LogP contribution in [0.25, 0.3) is 0 Å². The van der Waals surface area contributed by atoms with E-state index in [1.807, 2.05) is 32.0 Å². The molecule has 3 amide bonds. The third kappa shape index (κ3) is 3.80. The number of amides is 3. The Bertz CT molecular complexity index is 844. The van der Waals surface area contributed by atoms with Gasteiger partial charge in [-0.05, 0) is 49.2 Å². The first kappa shape index (κ1) is 18.2. The molecule has 134 valence electrons. The summed E-state index contributed by atoms with van der Waals surface area (Å²) in [4.78, 5) is 37.8. The van der Waals surface area contributed by atoms with E-state index in [1.54, 1.807) is 24.3 Å². The van der Waals surface area contributed by atoms with Gasteiger partial charge in [0.25, 0.3) is 11.8 Å². The van der Waals surface area contributed by atoms with E-state index < -0.39 is 0 Å². The van der Waals surface area contributed by atoms with Gasteiger partial charge < -0.3 is 5.32 Å². The molecule has 0 fully saturated rings. The lowest BCUT2D eigenvalue weighted by atomic mass is 10.1. The van der Waals surface area contributed by atoms with Gasteiger partial charge in [-0.1, -0.05) is 18.2 Å². The molecule has 6 heteroatoms. The third-order valence-electron chi connectivity index (χ3n) is 4.36. The van der Waals surface area contributed by atoms with Crippen molar-refractivity contribution in [1.29, 1.82) is 0 Å². The van der Waals surface area contributed by atoms with Crippen LogP contribution in [0.2, 0.25) is 0 Å². The van der Waals surface area contributed by atoms with E-state index in [2.05, 4.69) is 5.32 Å². The summed E-state index contributed by atoms with van der Waals surface area (Å²) >= 11 is 1.40. The monoisotopic (exact) mass is 368 g/mol. The maximum Gasteiger partial charge on any atom is 0.261 e. The Kier molecular flexibility index (Phi) is 5.42. The zero-order valence-electron chi connectivity index (χ0n) is 14.7. The third-order valence-corrected chi connectivity index (χ3v) is 5.30. The molecular weight excluding hydrogens is 348 g/mol. The van der Waals surface area contributed by atoms with Gasteiger partial charge in [0.05, 0.1) is 16.9 Å². The highest BCUT2D eigenvalue weighted by Gasteiger charge is 2.34. The van der Waals surface area contributed by atoms with Crippen molar-refractivity contribution in [1.82, 2.24) is 4.90 Å². The standard InChI is InChI=1S/C20H20N2O3S/c1-13-7-8-15(11-14(13)2)21-18(23)12-26-10-9-22-19(24)16-5-3-4-6-17(16)20(22)25/h3-8,11H,9-10,12H2,1-2H3,(H,21,23). The number of imide groups is 1. The predicted molar refractivity (Wildman–Crippen MR) is 104 cm³/mol. The van der Waals surface area contributed by atoms with Crippen molar-refractivity contribution >= 4 is 35.2 Å². The molecule has 0 unspecified atom stereocenters. The Hall–Kier alpha value is -2.60. The van der Waals surface area contributed by atoms with Gasteiger partial charge in [0.2, 0.25) is 5.91 Å². The van der Waals surface area contributed by atoms with Crippen molar-refractivity contribution < 1.29 is 14.4 Å². The number of anilines is 1. The normalized spacial score (nSPS) is 13.1. The number of carbonyl (C=O) groups excluding carboxylic acids is 3. The molecule has 0 saturated heterocycles. The van der Waals surface area contributed by atoms with Crippen molar-refractivity contribution in [2.75, 3.05) is 23.4 Å². The minimum Gasteiger partial charge on any atom is -0.325 e. The van der Waals surface area contributed by atoms with Crippen LogP contribution in [0.5, 0.6) is 0 Å². The Morgan fingerprint density at radius 2 is 1.65 bits per heavy atom. The molecule has 3 rings (SSSR count). The van der Waals surface area contributed by atoms with E-state index in [1.165, 1.54) is 22.2 Å². The van der Waals surface area contributed by atoms with E-state index >= 15 is 0 Å². The summed E-state index contributed by atoms with van der Waals surface area (Å²) in [6.07, 6.45) is 0. The van der Waals surface area contributed by atoms with E-state index in [0.29, 0.717) is 23.4 Å². The quantitative estimate of drug-likeness (QED) is 0.628. The maximum atomic E-state index is 12.3. The number of hydrogen-bond acceptors (Lipinski definition) is 4. The van der Waals surface area contributed by atoms with Crippen molar-refractivity contribution in [3.8, 4) is 0 Å². The maximum absolute atomic E-state index is 12.3. The fourth-order valence-corrected chi connectivity index (χ4v) is 3.49. The summed E-state index contributed by atoms with van der Waals surface area (Å²) in [5.41, 5.74) is 3.99. The number of aryl methyl sites for hydroxylation is 2. The van der Waals surface area contributed by atoms with Gasteiger partial charge in [-0.2, -0.15) is 11.8 Å². The fourth-order valence-electron chi connectivity index (χ4n) is 2.78. The first-order chi connectivity index (χ1) is 12.5. The van der Waals surface area contributed by atoms with Gasteiger partial charge in [-0.15, -0.1) is 0 Å². The van der Waals surface area contributed by atoms with Gasteiger partial charge in [0, 0.05) is 18.0 Å². The van der Waals surface area contributed by atoms with Crippen LogP contribution in [0.15, 0.2) is 42.5 Å². The first-order valence-electron chi connectivity index (χ1n) is 8.37. The van der Waals surface area contributed by atoms with Gasteiger partial charge in [0.15, 0.2) is 0 Å². The van der Waals surface area contributed by atoms with Crippen LogP contribution in [-0.2, 0) is 4.79 Å². The molecule has 0 saturated carbocycles. The van der Waals surface area contributed by atoms with Crippen molar-refractivity contribution in [2.45, 2.75) is 13.8 Å². The highest BCUT2D eigenvalue weighted by Crippen LogP contribution is 2.22. The second kappa shape index (κ2) is 7.74. The summed E-state index contributed by atoms with van der Waals surface area (Å²) in [7, 11) is 0. The molecule has 1 aliphatic heterocycles. The molecule has 0 aliphatic carbocycles. The number of hydrogen-bond donors (Lipinski definition) is 1. The lowest BCUT2D eigenvalue weighted by Gasteiger charge is -2.13. The van der Waals surface area contributed by atoms with Crippen molar-refractivity contribution in [2.24, 2.45) is 0 Å². The molecule has 26 heavy (non-hydrogen) atoms. The van der Waals surface area contributed by atoms with Crippen LogP contribution in [0.1, 0.15) is 31.8 Å². The molecule has 0 atom stereocenters. The first-order valence-corrected chi connectivity index (χ1v) is 9.53. The summed E-state index contributed by atoms with van der Waals surface area (Å²) in [5, 5.41) is 2.86. The van der Waals surface area contributed by atoms with E-state index in [0.717, 1.165) is 11.3 Å². The number of carbonyl (C=O) groups is 3. The van der Waals surface area contributed by atoms with Crippen LogP contribution in [0.4, 0.5) is 5.69 Å². The highest BCUT2D eigenvalue weighted by atomic mass is 32.2. The second-order valence-electron chi connectivity index (χ2n) is 6.21. The molecule has 1 N–H and O–H groups in total. The van der Waals surface area contributed by atoms with Crippen LogP contribution >= 0.6 is 11.8 Å². The summed E-state index contributed by atoms with van der Waals surface area (Å²) in [6.45, 7) is 4.33. The molecule has 2 aromatic carbocycles. The van der Waals surface area contributed by atoms with E-state index in [-0.39, 0.29) is 23.5 Å². The van der Waals surface area contributed by atoms with E-state index in [9.17, 15) is 14.4 Å². The van der Waals surface area contributed by atoms with Crippen molar-refractivity contribution in [3.63, 3.8) is 0 Å². The SMILES string of the molecule is Cc1ccc(NC(=O)CSCCN2C(=O)c3ccccc3C2=O)cc1C. The second-order valence-corrected chi connectivity index (χ2v) is 7.31. The molecule has 0 aromatic heterocycles. The van der Waals surface area contributed by atoms with Crippen LogP contribution < -0.4 is 5.32 Å². The van der Waals surface area contributed by atoms with Gasteiger partial charge >= 0.3 is 0 Å². The minimum absolute atomic E-state index is 0.0967. The number of nitrogens with zero attached hydrogens (tertiary/aromatic N) is 1. The lowest BCUT2D eigenvalue weighted by molar-refractivity contribution is -0.113. The molecule has 5 nitrogen and oxygen atoms in total.